The van der Waals surface area contributed by atoms with Crippen LogP contribution in [0.25, 0.3) is 0 Å². The van der Waals surface area contributed by atoms with Crippen LogP contribution in [0, 0.1) is 17.2 Å². The van der Waals surface area contributed by atoms with Crippen LogP contribution in [0.1, 0.15) is 13.8 Å². The van der Waals surface area contributed by atoms with Crippen molar-refractivity contribution in [1.82, 2.24) is 0 Å². The van der Waals surface area contributed by atoms with Gasteiger partial charge < -0.3 is 14.8 Å². The predicted octanol–water partition coefficient (Wildman–Crippen LogP) is 2.66. The number of methoxy groups -OCH3 is 2. The van der Waals surface area contributed by atoms with Crippen molar-refractivity contribution in [3.05, 3.63) is 18.2 Å². The molecule has 0 radical (unpaired) electrons. The Morgan fingerprint density at radius 1 is 1.18 bits per heavy atom. The van der Waals surface area contributed by atoms with Gasteiger partial charge in [0.15, 0.2) is 11.5 Å². The summed E-state index contributed by atoms with van der Waals surface area (Å²) in [6.45, 7) is 4.00. The molecule has 4 heteroatoms. The van der Waals surface area contributed by atoms with Gasteiger partial charge >= 0.3 is 0 Å². The second-order valence-electron chi connectivity index (χ2n) is 4.06. The molecule has 1 rings (SSSR count). The first kappa shape index (κ1) is 13.2. The number of benzene rings is 1. The lowest BCUT2D eigenvalue weighted by Crippen LogP contribution is -2.23. The van der Waals surface area contributed by atoms with Gasteiger partial charge in [-0.05, 0) is 18.1 Å². The van der Waals surface area contributed by atoms with Crippen molar-refractivity contribution in [2.75, 3.05) is 19.5 Å². The molecule has 0 aliphatic heterocycles. The molecule has 0 bridgehead atoms. The number of nitriles is 1. The first-order valence-electron chi connectivity index (χ1n) is 5.50. The molecule has 0 aliphatic rings. The Balaban J connectivity index is 2.89. The molecular formula is C13H18N2O2. The zero-order valence-corrected chi connectivity index (χ0v) is 10.7. The third-order valence-electron chi connectivity index (χ3n) is 2.51. The minimum absolute atomic E-state index is 0.215. The minimum atomic E-state index is -0.215. The Labute approximate surface area is 102 Å². The zero-order chi connectivity index (χ0) is 12.8. The fraction of sp³-hybridized carbons (Fsp3) is 0.462. The summed E-state index contributed by atoms with van der Waals surface area (Å²) in [6, 6.07) is 7.53. The van der Waals surface area contributed by atoms with Crippen molar-refractivity contribution in [3.63, 3.8) is 0 Å². The van der Waals surface area contributed by atoms with Gasteiger partial charge in [-0.25, -0.2) is 0 Å². The topological polar surface area (TPSA) is 54.3 Å². The molecule has 0 spiro atoms. The van der Waals surface area contributed by atoms with E-state index in [2.05, 4.69) is 11.4 Å². The Hall–Kier alpha value is -1.89. The fourth-order valence-corrected chi connectivity index (χ4v) is 1.45. The molecule has 4 nitrogen and oxygen atoms in total. The number of hydrogen-bond acceptors (Lipinski definition) is 4. The fourth-order valence-electron chi connectivity index (χ4n) is 1.45. The zero-order valence-electron chi connectivity index (χ0n) is 10.7. The highest BCUT2D eigenvalue weighted by atomic mass is 16.5. The molecule has 0 saturated heterocycles. The molecule has 1 unspecified atom stereocenters. The molecule has 1 atom stereocenters. The molecule has 92 valence electrons. The average molecular weight is 234 g/mol. The van der Waals surface area contributed by atoms with Gasteiger partial charge in [-0.1, -0.05) is 13.8 Å². The van der Waals surface area contributed by atoms with E-state index in [4.69, 9.17) is 14.7 Å². The summed E-state index contributed by atoms with van der Waals surface area (Å²) in [5, 5.41) is 12.2. The van der Waals surface area contributed by atoms with E-state index in [9.17, 15) is 0 Å². The number of hydrogen-bond donors (Lipinski definition) is 1. The summed E-state index contributed by atoms with van der Waals surface area (Å²) in [5.74, 6) is 1.57. The summed E-state index contributed by atoms with van der Waals surface area (Å²) in [4.78, 5) is 0. The lowest BCUT2D eigenvalue weighted by molar-refractivity contribution is 0.355. The van der Waals surface area contributed by atoms with Crippen LogP contribution in [0.5, 0.6) is 11.5 Å². The Morgan fingerprint density at radius 2 is 1.82 bits per heavy atom. The van der Waals surface area contributed by atoms with Crippen LogP contribution < -0.4 is 14.8 Å². The standard InChI is InChI=1S/C13H18N2O2/c1-9(2)11(8-14)15-10-5-6-12(16-3)13(7-10)17-4/h5-7,9,11,15H,1-4H3. The molecule has 0 fully saturated rings. The maximum atomic E-state index is 9.02. The molecule has 1 aromatic carbocycles. The van der Waals surface area contributed by atoms with Gasteiger partial charge in [0.25, 0.3) is 0 Å². The van der Waals surface area contributed by atoms with Crippen molar-refractivity contribution in [2.45, 2.75) is 19.9 Å². The van der Waals surface area contributed by atoms with Gasteiger partial charge in [0.2, 0.25) is 0 Å². The predicted molar refractivity (Wildman–Crippen MR) is 67.4 cm³/mol. The van der Waals surface area contributed by atoms with E-state index in [1.807, 2.05) is 32.0 Å². The van der Waals surface area contributed by atoms with E-state index in [1.54, 1.807) is 14.2 Å². The van der Waals surface area contributed by atoms with Crippen LogP contribution in [0.2, 0.25) is 0 Å². The van der Waals surface area contributed by atoms with Crippen LogP contribution in [-0.4, -0.2) is 20.3 Å². The van der Waals surface area contributed by atoms with Gasteiger partial charge in [-0.15, -0.1) is 0 Å². The third kappa shape index (κ3) is 3.28. The maximum absolute atomic E-state index is 9.02. The van der Waals surface area contributed by atoms with Crippen LogP contribution in [0.15, 0.2) is 18.2 Å². The molecule has 0 heterocycles. The minimum Gasteiger partial charge on any atom is -0.493 e. The largest absolute Gasteiger partial charge is 0.493 e. The normalized spacial score (nSPS) is 11.8. The van der Waals surface area contributed by atoms with Gasteiger partial charge in [-0.3, -0.25) is 0 Å². The number of rotatable bonds is 5. The molecule has 0 saturated carbocycles. The molecular weight excluding hydrogens is 216 g/mol. The highest BCUT2D eigenvalue weighted by Crippen LogP contribution is 2.30. The molecule has 1 aromatic rings. The second kappa shape index (κ2) is 6.00. The van der Waals surface area contributed by atoms with Crippen molar-refractivity contribution in [1.29, 1.82) is 5.26 Å². The van der Waals surface area contributed by atoms with Crippen molar-refractivity contribution >= 4 is 5.69 Å². The van der Waals surface area contributed by atoms with Crippen LogP contribution in [0.3, 0.4) is 0 Å². The van der Waals surface area contributed by atoms with Crippen molar-refractivity contribution < 1.29 is 9.47 Å². The second-order valence-corrected chi connectivity index (χ2v) is 4.06. The molecule has 1 N–H and O–H groups in total. The Kier molecular flexibility index (Phi) is 4.65. The lowest BCUT2D eigenvalue weighted by Gasteiger charge is -2.17. The molecule has 0 amide bonds. The molecule has 17 heavy (non-hydrogen) atoms. The summed E-state index contributed by atoms with van der Waals surface area (Å²) in [6.07, 6.45) is 0. The Morgan fingerprint density at radius 3 is 2.29 bits per heavy atom. The Bertz CT molecular complexity index is 410. The van der Waals surface area contributed by atoms with Crippen molar-refractivity contribution in [2.24, 2.45) is 5.92 Å². The quantitative estimate of drug-likeness (QED) is 0.851. The number of ether oxygens (including phenoxy) is 2. The van der Waals surface area contributed by atoms with Gasteiger partial charge in [0.05, 0.1) is 20.3 Å². The molecule has 0 aromatic heterocycles. The highest BCUT2D eigenvalue weighted by Gasteiger charge is 2.13. The highest BCUT2D eigenvalue weighted by molar-refractivity contribution is 5.55. The first-order valence-corrected chi connectivity index (χ1v) is 5.50. The van der Waals surface area contributed by atoms with E-state index in [0.717, 1.165) is 5.69 Å². The third-order valence-corrected chi connectivity index (χ3v) is 2.51. The van der Waals surface area contributed by atoms with Gasteiger partial charge in [0, 0.05) is 11.8 Å². The lowest BCUT2D eigenvalue weighted by atomic mass is 10.1. The maximum Gasteiger partial charge on any atom is 0.162 e. The van der Waals surface area contributed by atoms with E-state index in [0.29, 0.717) is 11.5 Å². The van der Waals surface area contributed by atoms with Crippen LogP contribution >= 0.6 is 0 Å². The van der Waals surface area contributed by atoms with E-state index < -0.39 is 0 Å². The number of nitrogens with one attached hydrogen (secondary N) is 1. The van der Waals surface area contributed by atoms with E-state index in [1.165, 1.54) is 0 Å². The smallest absolute Gasteiger partial charge is 0.162 e. The number of nitrogens with zero attached hydrogens (tertiary/aromatic N) is 1. The van der Waals surface area contributed by atoms with Gasteiger partial charge in [0.1, 0.15) is 6.04 Å². The van der Waals surface area contributed by atoms with E-state index >= 15 is 0 Å². The number of anilines is 1. The summed E-state index contributed by atoms with van der Waals surface area (Å²) < 4.78 is 10.4. The van der Waals surface area contributed by atoms with E-state index in [-0.39, 0.29) is 12.0 Å². The average Bonchev–Trinajstić information content (AvgIpc) is 2.35. The summed E-state index contributed by atoms with van der Waals surface area (Å²) in [5.41, 5.74) is 0.850. The van der Waals surface area contributed by atoms with Crippen LogP contribution in [0.4, 0.5) is 5.69 Å². The summed E-state index contributed by atoms with van der Waals surface area (Å²) in [7, 11) is 3.18. The van der Waals surface area contributed by atoms with Gasteiger partial charge in [-0.2, -0.15) is 5.26 Å². The van der Waals surface area contributed by atoms with Crippen LogP contribution in [-0.2, 0) is 0 Å². The van der Waals surface area contributed by atoms with Crippen molar-refractivity contribution in [3.8, 4) is 17.6 Å². The first-order chi connectivity index (χ1) is 8.12. The monoisotopic (exact) mass is 234 g/mol. The SMILES string of the molecule is COc1ccc(NC(C#N)C(C)C)cc1OC. The summed E-state index contributed by atoms with van der Waals surface area (Å²) >= 11 is 0. The molecule has 0 aliphatic carbocycles.